The predicted octanol–water partition coefficient (Wildman–Crippen LogP) is 0.815. The molecule has 1 atom stereocenters. The molecule has 0 spiro atoms. The van der Waals surface area contributed by atoms with Crippen LogP contribution in [0.15, 0.2) is 18.3 Å². The number of H-pyrrole nitrogens is 1. The topological polar surface area (TPSA) is 60.8 Å². The highest BCUT2D eigenvalue weighted by atomic mass is 16.5. The highest BCUT2D eigenvalue weighted by Crippen LogP contribution is 2.39. The molecular weight excluding hydrogens is 178 g/mol. The maximum atomic E-state index is 9.15. The second kappa shape index (κ2) is 3.45. The number of rotatable bonds is 3. The van der Waals surface area contributed by atoms with Crippen molar-refractivity contribution in [3.8, 4) is 6.07 Å². The molecule has 1 aromatic heterocycles. The Hall–Kier alpha value is -1.31. The third-order valence-corrected chi connectivity index (χ3v) is 2.72. The summed E-state index contributed by atoms with van der Waals surface area (Å²) in [6.07, 6.45) is 1.87. The SMILES string of the molecule is CNC(c1ccc[nH]1)C1(C#N)COC1. The molecule has 1 fully saturated rings. The molecule has 0 saturated carbocycles. The fourth-order valence-electron chi connectivity index (χ4n) is 1.87. The fourth-order valence-corrected chi connectivity index (χ4v) is 1.87. The minimum absolute atomic E-state index is 0.0243. The summed E-state index contributed by atoms with van der Waals surface area (Å²) in [5.74, 6) is 0. The van der Waals surface area contributed by atoms with Crippen molar-refractivity contribution in [2.75, 3.05) is 20.3 Å². The van der Waals surface area contributed by atoms with Gasteiger partial charge in [0.2, 0.25) is 0 Å². The van der Waals surface area contributed by atoms with Gasteiger partial charge in [0, 0.05) is 11.9 Å². The first-order valence-corrected chi connectivity index (χ1v) is 4.62. The Kier molecular flexibility index (Phi) is 2.28. The molecule has 2 N–H and O–H groups in total. The van der Waals surface area contributed by atoms with Crippen molar-refractivity contribution < 1.29 is 4.74 Å². The average molecular weight is 191 g/mol. The Balaban J connectivity index is 2.26. The predicted molar refractivity (Wildman–Crippen MR) is 51.5 cm³/mol. The molecule has 1 saturated heterocycles. The molecular formula is C10H13N3O. The number of nitriles is 1. The van der Waals surface area contributed by atoms with Gasteiger partial charge in [-0.05, 0) is 19.2 Å². The van der Waals surface area contributed by atoms with Crippen LogP contribution in [0.2, 0.25) is 0 Å². The number of aromatic nitrogens is 1. The van der Waals surface area contributed by atoms with Crippen molar-refractivity contribution in [2.24, 2.45) is 5.41 Å². The summed E-state index contributed by atoms with van der Waals surface area (Å²) in [4.78, 5) is 3.13. The van der Waals surface area contributed by atoms with Gasteiger partial charge in [-0.2, -0.15) is 5.26 Å². The third-order valence-electron chi connectivity index (χ3n) is 2.72. The van der Waals surface area contributed by atoms with E-state index in [2.05, 4.69) is 16.4 Å². The Bertz CT molecular complexity index is 335. The first kappa shape index (κ1) is 9.25. The van der Waals surface area contributed by atoms with Crippen molar-refractivity contribution in [3.05, 3.63) is 24.0 Å². The summed E-state index contributed by atoms with van der Waals surface area (Å²) in [5, 5.41) is 12.3. The molecule has 1 aliphatic rings. The van der Waals surface area contributed by atoms with E-state index in [1.807, 2.05) is 25.4 Å². The van der Waals surface area contributed by atoms with E-state index in [4.69, 9.17) is 10.00 Å². The third kappa shape index (κ3) is 1.22. The normalized spacial score (nSPS) is 20.9. The summed E-state index contributed by atoms with van der Waals surface area (Å²) in [5.41, 5.74) is 0.636. The van der Waals surface area contributed by atoms with Crippen LogP contribution in [-0.2, 0) is 4.74 Å². The maximum absolute atomic E-state index is 9.15. The second-order valence-corrected chi connectivity index (χ2v) is 3.61. The molecule has 2 rings (SSSR count). The summed E-state index contributed by atoms with van der Waals surface area (Å²) >= 11 is 0. The van der Waals surface area contributed by atoms with Gasteiger partial charge in [-0.1, -0.05) is 0 Å². The average Bonchev–Trinajstić information content (AvgIpc) is 2.63. The van der Waals surface area contributed by atoms with E-state index < -0.39 is 5.41 Å². The number of nitrogens with zero attached hydrogens (tertiary/aromatic N) is 1. The highest BCUT2D eigenvalue weighted by Gasteiger charge is 2.46. The van der Waals surface area contributed by atoms with Crippen LogP contribution in [0, 0.1) is 16.7 Å². The van der Waals surface area contributed by atoms with Gasteiger partial charge >= 0.3 is 0 Å². The molecule has 4 nitrogen and oxygen atoms in total. The van der Waals surface area contributed by atoms with E-state index in [0.29, 0.717) is 13.2 Å². The summed E-state index contributed by atoms with van der Waals surface area (Å²) in [6.45, 7) is 1.02. The van der Waals surface area contributed by atoms with Crippen LogP contribution >= 0.6 is 0 Å². The maximum Gasteiger partial charge on any atom is 0.125 e. The quantitative estimate of drug-likeness (QED) is 0.743. The summed E-state index contributed by atoms with van der Waals surface area (Å²) in [6, 6.07) is 6.29. The van der Waals surface area contributed by atoms with E-state index in [1.54, 1.807) is 0 Å². The monoisotopic (exact) mass is 191 g/mol. The van der Waals surface area contributed by atoms with Crippen LogP contribution in [0.3, 0.4) is 0 Å². The van der Waals surface area contributed by atoms with Gasteiger partial charge in [-0.25, -0.2) is 0 Å². The van der Waals surface area contributed by atoms with Gasteiger partial charge in [0.1, 0.15) is 5.41 Å². The number of hydrogen-bond acceptors (Lipinski definition) is 3. The molecule has 1 unspecified atom stereocenters. The first-order chi connectivity index (χ1) is 6.82. The van der Waals surface area contributed by atoms with E-state index in [0.717, 1.165) is 5.69 Å². The Morgan fingerprint density at radius 1 is 1.71 bits per heavy atom. The minimum Gasteiger partial charge on any atom is -0.378 e. The molecule has 74 valence electrons. The molecule has 0 radical (unpaired) electrons. The minimum atomic E-state index is -0.403. The van der Waals surface area contributed by atoms with Crippen LogP contribution in [0.5, 0.6) is 0 Å². The number of aromatic amines is 1. The molecule has 4 heteroatoms. The number of nitrogens with one attached hydrogen (secondary N) is 2. The lowest BCUT2D eigenvalue weighted by atomic mass is 9.78. The lowest BCUT2D eigenvalue weighted by molar-refractivity contribution is -0.0969. The van der Waals surface area contributed by atoms with Crippen LogP contribution in [0.1, 0.15) is 11.7 Å². The zero-order chi connectivity index (χ0) is 10.0. The molecule has 1 aliphatic heterocycles. The van der Waals surface area contributed by atoms with Gasteiger partial charge in [0.05, 0.1) is 25.3 Å². The lowest BCUT2D eigenvalue weighted by Gasteiger charge is -2.41. The Morgan fingerprint density at radius 2 is 2.50 bits per heavy atom. The fraction of sp³-hybridized carbons (Fsp3) is 0.500. The number of hydrogen-bond donors (Lipinski definition) is 2. The van der Waals surface area contributed by atoms with Crippen LogP contribution in [-0.4, -0.2) is 25.2 Å². The Labute approximate surface area is 82.9 Å². The smallest absolute Gasteiger partial charge is 0.125 e. The van der Waals surface area contributed by atoms with Gasteiger partial charge in [0.15, 0.2) is 0 Å². The molecule has 0 aliphatic carbocycles. The van der Waals surface area contributed by atoms with Crippen molar-refractivity contribution in [1.29, 1.82) is 5.26 Å². The first-order valence-electron chi connectivity index (χ1n) is 4.62. The molecule has 0 aromatic carbocycles. The second-order valence-electron chi connectivity index (χ2n) is 3.61. The molecule has 2 heterocycles. The van der Waals surface area contributed by atoms with E-state index in [-0.39, 0.29) is 6.04 Å². The number of ether oxygens (including phenoxy) is 1. The van der Waals surface area contributed by atoms with Crippen LogP contribution in [0.4, 0.5) is 0 Å². The molecule has 0 amide bonds. The molecule has 14 heavy (non-hydrogen) atoms. The summed E-state index contributed by atoms with van der Waals surface area (Å²) in [7, 11) is 1.86. The van der Waals surface area contributed by atoms with E-state index >= 15 is 0 Å². The highest BCUT2D eigenvalue weighted by molar-refractivity contribution is 5.21. The van der Waals surface area contributed by atoms with Gasteiger partial charge in [0.25, 0.3) is 0 Å². The lowest BCUT2D eigenvalue weighted by Crippen LogP contribution is -2.50. The standard InChI is InChI=1S/C10H13N3O/c1-12-9(8-3-2-4-13-8)10(5-11)6-14-7-10/h2-4,9,12-13H,6-7H2,1H3. The van der Waals surface area contributed by atoms with E-state index in [1.165, 1.54) is 0 Å². The molecule has 0 bridgehead atoms. The van der Waals surface area contributed by atoms with Gasteiger partial charge in [-0.15, -0.1) is 0 Å². The van der Waals surface area contributed by atoms with Crippen LogP contribution in [0.25, 0.3) is 0 Å². The van der Waals surface area contributed by atoms with Crippen molar-refractivity contribution in [3.63, 3.8) is 0 Å². The summed E-state index contributed by atoms with van der Waals surface area (Å²) < 4.78 is 5.13. The van der Waals surface area contributed by atoms with Gasteiger partial charge < -0.3 is 15.0 Å². The van der Waals surface area contributed by atoms with E-state index in [9.17, 15) is 0 Å². The van der Waals surface area contributed by atoms with Crippen molar-refractivity contribution in [2.45, 2.75) is 6.04 Å². The van der Waals surface area contributed by atoms with Gasteiger partial charge in [-0.3, -0.25) is 0 Å². The largest absolute Gasteiger partial charge is 0.378 e. The van der Waals surface area contributed by atoms with Crippen molar-refractivity contribution in [1.82, 2.24) is 10.3 Å². The zero-order valence-corrected chi connectivity index (χ0v) is 8.08. The molecule has 1 aromatic rings. The van der Waals surface area contributed by atoms with Crippen LogP contribution < -0.4 is 5.32 Å². The van der Waals surface area contributed by atoms with Crippen molar-refractivity contribution >= 4 is 0 Å². The Morgan fingerprint density at radius 3 is 2.86 bits per heavy atom. The zero-order valence-electron chi connectivity index (χ0n) is 8.08.